The average molecular weight is 496 g/mol. The monoisotopic (exact) mass is 495 g/mol. The number of fused-ring (bicyclic) bond motifs is 5. The number of hydrogen-bond donors (Lipinski definition) is 1. The maximum Gasteiger partial charge on any atom is 0.246 e. The third-order valence-electron chi connectivity index (χ3n) is 7.59. The van der Waals surface area contributed by atoms with Gasteiger partial charge in [-0.1, -0.05) is 42.5 Å². The summed E-state index contributed by atoms with van der Waals surface area (Å²) in [5, 5.41) is 1.07. The molecule has 2 amide bonds. The van der Waals surface area contributed by atoms with Crippen LogP contribution in [0.5, 0.6) is 17.2 Å². The summed E-state index contributed by atoms with van der Waals surface area (Å²) in [6, 6.07) is 20.4. The Morgan fingerprint density at radius 2 is 1.81 bits per heavy atom. The molecule has 0 saturated carbocycles. The van der Waals surface area contributed by atoms with Crippen LogP contribution in [0.25, 0.3) is 10.9 Å². The summed E-state index contributed by atoms with van der Waals surface area (Å²) < 4.78 is 16.6. The Morgan fingerprint density at radius 3 is 2.70 bits per heavy atom. The van der Waals surface area contributed by atoms with Gasteiger partial charge in [0.25, 0.3) is 0 Å². The molecule has 8 heteroatoms. The number of piperazine rings is 1. The first-order valence-corrected chi connectivity index (χ1v) is 12.3. The van der Waals surface area contributed by atoms with E-state index in [1.54, 1.807) is 16.9 Å². The van der Waals surface area contributed by atoms with Gasteiger partial charge >= 0.3 is 0 Å². The van der Waals surface area contributed by atoms with Crippen LogP contribution in [0.15, 0.2) is 66.7 Å². The molecule has 1 fully saturated rings. The van der Waals surface area contributed by atoms with Crippen LogP contribution in [0.4, 0.5) is 0 Å². The van der Waals surface area contributed by atoms with E-state index in [0.29, 0.717) is 30.2 Å². The van der Waals surface area contributed by atoms with Crippen molar-refractivity contribution in [2.24, 2.45) is 0 Å². The molecule has 0 aliphatic carbocycles. The number of nitrogens with one attached hydrogen (secondary N) is 1. The summed E-state index contributed by atoms with van der Waals surface area (Å²) in [7, 11) is 1.63. The second-order valence-corrected chi connectivity index (χ2v) is 9.61. The summed E-state index contributed by atoms with van der Waals surface area (Å²) >= 11 is 0. The molecule has 1 N–H and O–H groups in total. The molecule has 2 atom stereocenters. The molecule has 4 aromatic rings. The molecule has 3 aromatic carbocycles. The molecule has 0 radical (unpaired) electrons. The topological polar surface area (TPSA) is 84.1 Å². The average Bonchev–Trinajstić information content (AvgIpc) is 3.54. The van der Waals surface area contributed by atoms with Crippen molar-refractivity contribution >= 4 is 22.7 Å². The van der Waals surface area contributed by atoms with Crippen molar-refractivity contribution in [2.75, 3.05) is 20.4 Å². The van der Waals surface area contributed by atoms with E-state index >= 15 is 0 Å². The van der Waals surface area contributed by atoms with Crippen molar-refractivity contribution in [3.63, 3.8) is 0 Å². The van der Waals surface area contributed by atoms with E-state index in [9.17, 15) is 9.59 Å². The number of hydrogen-bond acceptors (Lipinski definition) is 5. The lowest BCUT2D eigenvalue weighted by Gasteiger charge is -2.47. The zero-order chi connectivity index (χ0) is 25.1. The number of aromatic nitrogens is 1. The van der Waals surface area contributed by atoms with Crippen molar-refractivity contribution in [1.82, 2.24) is 14.8 Å². The van der Waals surface area contributed by atoms with E-state index in [4.69, 9.17) is 14.2 Å². The van der Waals surface area contributed by atoms with Gasteiger partial charge in [-0.25, -0.2) is 0 Å². The highest BCUT2D eigenvalue weighted by Gasteiger charge is 2.48. The fraction of sp³-hybridized carbons (Fsp3) is 0.241. The van der Waals surface area contributed by atoms with Crippen LogP contribution in [-0.4, -0.2) is 53.1 Å². The summed E-state index contributed by atoms with van der Waals surface area (Å²) in [4.78, 5) is 34.8. The van der Waals surface area contributed by atoms with E-state index in [1.165, 1.54) is 0 Å². The Labute approximate surface area is 213 Å². The molecular weight excluding hydrogens is 470 g/mol. The van der Waals surface area contributed by atoms with Gasteiger partial charge in [0, 0.05) is 35.1 Å². The molecule has 7 rings (SSSR count). The molecule has 1 unspecified atom stereocenters. The number of amides is 2. The molecule has 3 aliphatic rings. The van der Waals surface area contributed by atoms with Crippen LogP contribution in [0.2, 0.25) is 0 Å². The standard InChI is InChI=1S/C29H25N3O5/c1-35-23-9-5-3-7-19(23)28-27-20(18-6-2-4-8-21(18)30-27)13-22-29(34)31(15-26(33)32(22)28)14-17-10-11-24-25(12-17)37-16-36-24/h2-12,22,28,30H,13-16H2,1H3/t22-,28?/m0/s1. The summed E-state index contributed by atoms with van der Waals surface area (Å²) in [6.45, 7) is 0.519. The molecule has 0 spiro atoms. The van der Waals surface area contributed by atoms with Gasteiger partial charge in [-0.3, -0.25) is 9.59 Å². The van der Waals surface area contributed by atoms with E-state index < -0.39 is 12.1 Å². The first-order valence-electron chi connectivity index (χ1n) is 12.3. The third-order valence-corrected chi connectivity index (χ3v) is 7.59. The van der Waals surface area contributed by atoms with Gasteiger partial charge in [-0.2, -0.15) is 0 Å². The number of methoxy groups -OCH3 is 1. The van der Waals surface area contributed by atoms with Crippen LogP contribution >= 0.6 is 0 Å². The van der Waals surface area contributed by atoms with Gasteiger partial charge < -0.3 is 29.0 Å². The number of rotatable bonds is 4. The number of aromatic amines is 1. The van der Waals surface area contributed by atoms with E-state index in [1.807, 2.05) is 60.7 Å². The van der Waals surface area contributed by atoms with E-state index in [0.717, 1.165) is 33.3 Å². The Kier molecular flexibility index (Phi) is 4.89. The lowest BCUT2D eigenvalue weighted by Crippen LogP contribution is -2.62. The maximum absolute atomic E-state index is 14.0. The number of H-pyrrole nitrogens is 1. The second-order valence-electron chi connectivity index (χ2n) is 9.61. The number of benzene rings is 3. The van der Waals surface area contributed by atoms with E-state index in [2.05, 4.69) is 11.1 Å². The molecule has 8 nitrogen and oxygen atoms in total. The first-order chi connectivity index (χ1) is 18.1. The Hall–Kier alpha value is -4.46. The molecule has 4 heterocycles. The van der Waals surface area contributed by atoms with Crippen molar-refractivity contribution < 1.29 is 23.8 Å². The molecule has 37 heavy (non-hydrogen) atoms. The molecule has 3 aliphatic heterocycles. The van der Waals surface area contributed by atoms with Crippen LogP contribution in [0, 0.1) is 0 Å². The van der Waals surface area contributed by atoms with Crippen LogP contribution in [0.3, 0.4) is 0 Å². The number of nitrogens with zero attached hydrogens (tertiary/aromatic N) is 2. The van der Waals surface area contributed by atoms with E-state index in [-0.39, 0.29) is 25.2 Å². The van der Waals surface area contributed by atoms with Gasteiger partial charge in [0.05, 0.1) is 7.11 Å². The zero-order valence-electron chi connectivity index (χ0n) is 20.3. The molecular formula is C29H25N3O5. The number of carbonyl (C=O) groups is 2. The fourth-order valence-corrected chi connectivity index (χ4v) is 5.93. The highest BCUT2D eigenvalue weighted by molar-refractivity contribution is 5.97. The van der Waals surface area contributed by atoms with Gasteiger partial charge in [-0.05, 0) is 35.4 Å². The number of para-hydroxylation sites is 2. The summed E-state index contributed by atoms with van der Waals surface area (Å²) in [5.74, 6) is 1.88. The molecule has 1 aromatic heterocycles. The molecule has 186 valence electrons. The fourth-order valence-electron chi connectivity index (χ4n) is 5.93. The smallest absolute Gasteiger partial charge is 0.246 e. The second kappa shape index (κ2) is 8.30. The number of carbonyl (C=O) groups excluding carboxylic acids is 2. The van der Waals surface area contributed by atoms with Crippen molar-refractivity contribution in [3.05, 3.63) is 89.1 Å². The van der Waals surface area contributed by atoms with Crippen LogP contribution < -0.4 is 14.2 Å². The minimum Gasteiger partial charge on any atom is -0.496 e. The van der Waals surface area contributed by atoms with Crippen molar-refractivity contribution in [2.45, 2.75) is 25.0 Å². The van der Waals surface area contributed by atoms with Gasteiger partial charge in [0.1, 0.15) is 24.4 Å². The van der Waals surface area contributed by atoms with Gasteiger partial charge in [0.2, 0.25) is 18.6 Å². The largest absolute Gasteiger partial charge is 0.496 e. The molecule has 1 saturated heterocycles. The van der Waals surface area contributed by atoms with Crippen LogP contribution in [0.1, 0.15) is 28.4 Å². The van der Waals surface area contributed by atoms with Crippen molar-refractivity contribution in [3.8, 4) is 17.2 Å². The predicted molar refractivity (Wildman–Crippen MR) is 135 cm³/mol. The lowest BCUT2D eigenvalue weighted by atomic mass is 9.85. The maximum atomic E-state index is 14.0. The van der Waals surface area contributed by atoms with Gasteiger partial charge in [0.15, 0.2) is 11.5 Å². The third kappa shape index (κ3) is 3.36. The zero-order valence-corrected chi connectivity index (χ0v) is 20.3. The minimum atomic E-state index is -0.614. The SMILES string of the molecule is COc1ccccc1C1c2[nH]c3ccccc3c2C[C@H]2C(=O)N(Cc3ccc4c(c3)OCO4)CC(=O)N12. The summed E-state index contributed by atoms with van der Waals surface area (Å²) in [5.41, 5.74) is 4.74. The normalized spacial score (nSPS) is 20.2. The highest BCUT2D eigenvalue weighted by atomic mass is 16.7. The predicted octanol–water partition coefficient (Wildman–Crippen LogP) is 3.79. The van der Waals surface area contributed by atoms with Crippen LogP contribution in [-0.2, 0) is 22.6 Å². The highest BCUT2D eigenvalue weighted by Crippen LogP contribution is 2.45. The summed E-state index contributed by atoms with van der Waals surface area (Å²) in [6.07, 6.45) is 0.452. The number of ether oxygens (including phenoxy) is 3. The van der Waals surface area contributed by atoms with Gasteiger partial charge in [-0.15, -0.1) is 0 Å². The molecule has 0 bridgehead atoms. The minimum absolute atomic E-state index is 0.00495. The van der Waals surface area contributed by atoms with Crippen molar-refractivity contribution in [1.29, 1.82) is 0 Å². The Balaban J connectivity index is 1.31. The Bertz CT molecular complexity index is 1560. The first kappa shape index (κ1) is 21.8. The Morgan fingerprint density at radius 1 is 1.00 bits per heavy atom. The quantitative estimate of drug-likeness (QED) is 0.466. The lowest BCUT2D eigenvalue weighted by molar-refractivity contribution is -0.159.